The van der Waals surface area contributed by atoms with Crippen molar-refractivity contribution in [1.29, 1.82) is 0 Å². The standard InChI is InChI=1S/C29H32O8/c1-18-17-22(35-24(31)20-13-9-6-10-14-20)27(3)21(34-23(30)19-11-7-5-8-12-19)15-16-26(2,33)29(27)25(32)36-28(18,4)37-29/h5-14,18,21-22,33H,15-17H2,1-4H3/t18-,21+,22+,26+,27+,28+,29-/m1/s1. The third-order valence-electron chi connectivity index (χ3n) is 8.67. The van der Waals surface area contributed by atoms with Crippen LogP contribution in [0.3, 0.4) is 0 Å². The maximum atomic E-state index is 13.8. The Labute approximate surface area is 215 Å². The minimum absolute atomic E-state index is 0.105. The molecule has 196 valence electrons. The van der Waals surface area contributed by atoms with E-state index < -0.39 is 58.4 Å². The van der Waals surface area contributed by atoms with Crippen molar-refractivity contribution in [2.45, 2.75) is 76.2 Å². The Morgan fingerprint density at radius 3 is 1.95 bits per heavy atom. The van der Waals surface area contributed by atoms with E-state index in [1.807, 2.05) is 6.92 Å². The van der Waals surface area contributed by atoms with E-state index in [4.69, 9.17) is 18.9 Å². The first-order valence-corrected chi connectivity index (χ1v) is 12.6. The van der Waals surface area contributed by atoms with E-state index in [1.54, 1.807) is 74.5 Å². The molecule has 0 radical (unpaired) electrons. The molecule has 1 spiro atoms. The number of rotatable bonds is 4. The van der Waals surface area contributed by atoms with Gasteiger partial charge >= 0.3 is 17.9 Å². The van der Waals surface area contributed by atoms with Gasteiger partial charge in [0.25, 0.3) is 0 Å². The molecule has 2 saturated heterocycles. The number of esters is 3. The van der Waals surface area contributed by atoms with E-state index in [2.05, 4.69) is 0 Å². The van der Waals surface area contributed by atoms with Crippen LogP contribution in [0.1, 0.15) is 67.7 Å². The highest BCUT2D eigenvalue weighted by Gasteiger charge is 2.81. The van der Waals surface area contributed by atoms with Crippen LogP contribution in [0.2, 0.25) is 0 Å². The van der Waals surface area contributed by atoms with Crippen molar-refractivity contribution in [3.05, 3.63) is 71.8 Å². The first-order valence-electron chi connectivity index (χ1n) is 12.6. The number of benzene rings is 2. The van der Waals surface area contributed by atoms with Gasteiger partial charge in [0.15, 0.2) is 0 Å². The SMILES string of the molecule is C[C@@H]1C[C@H](OC(=O)c2ccccc2)[C@]2(C)[C@@H](OC(=O)c3ccccc3)CC[C@](C)(O)[C@@]23O[C@]1(C)OC3=O. The van der Waals surface area contributed by atoms with Crippen LogP contribution >= 0.6 is 0 Å². The van der Waals surface area contributed by atoms with Crippen LogP contribution in [-0.4, -0.2) is 52.2 Å². The lowest BCUT2D eigenvalue weighted by Gasteiger charge is -2.57. The zero-order valence-corrected chi connectivity index (χ0v) is 21.4. The van der Waals surface area contributed by atoms with Gasteiger partial charge in [0, 0.05) is 12.8 Å². The molecule has 37 heavy (non-hydrogen) atoms. The molecule has 2 heterocycles. The first-order chi connectivity index (χ1) is 17.4. The molecular formula is C29H32O8. The molecule has 8 nitrogen and oxygen atoms in total. The predicted molar refractivity (Wildman–Crippen MR) is 131 cm³/mol. The van der Waals surface area contributed by atoms with Crippen LogP contribution in [0.4, 0.5) is 0 Å². The summed E-state index contributed by atoms with van der Waals surface area (Å²) in [5.41, 5.74) is -4.41. The van der Waals surface area contributed by atoms with Crippen LogP contribution in [0, 0.1) is 11.3 Å². The maximum Gasteiger partial charge on any atom is 0.345 e. The molecule has 1 aliphatic carbocycles. The van der Waals surface area contributed by atoms with Crippen molar-refractivity contribution >= 4 is 17.9 Å². The number of carbonyl (C=O) groups is 3. The number of aliphatic hydroxyl groups is 1. The van der Waals surface area contributed by atoms with Crippen LogP contribution in [0.25, 0.3) is 0 Å². The molecule has 3 aliphatic rings. The van der Waals surface area contributed by atoms with Gasteiger partial charge in [-0.25, -0.2) is 14.4 Å². The molecule has 2 aliphatic heterocycles. The fourth-order valence-electron chi connectivity index (χ4n) is 6.29. The monoisotopic (exact) mass is 508 g/mol. The number of carbonyl (C=O) groups excluding carboxylic acids is 3. The molecule has 0 amide bonds. The van der Waals surface area contributed by atoms with E-state index in [9.17, 15) is 19.5 Å². The molecule has 3 fully saturated rings. The van der Waals surface area contributed by atoms with Crippen molar-refractivity contribution < 1.29 is 38.4 Å². The van der Waals surface area contributed by atoms with E-state index in [0.29, 0.717) is 11.1 Å². The van der Waals surface area contributed by atoms with Gasteiger partial charge in [-0.1, -0.05) is 43.3 Å². The quantitative estimate of drug-likeness (QED) is 0.487. The predicted octanol–water partition coefficient (Wildman–Crippen LogP) is 4.06. The van der Waals surface area contributed by atoms with Crippen LogP contribution in [0.15, 0.2) is 60.7 Å². The van der Waals surface area contributed by atoms with Gasteiger partial charge in [-0.15, -0.1) is 0 Å². The lowest BCUT2D eigenvalue weighted by Crippen LogP contribution is -2.75. The summed E-state index contributed by atoms with van der Waals surface area (Å²) in [5.74, 6) is -3.67. The van der Waals surface area contributed by atoms with Gasteiger partial charge < -0.3 is 24.1 Å². The largest absolute Gasteiger partial charge is 0.458 e. The molecule has 5 rings (SSSR count). The Kier molecular flexibility index (Phi) is 5.96. The van der Waals surface area contributed by atoms with Gasteiger partial charge in [-0.05, 0) is 57.4 Å². The Bertz CT molecular complexity index is 1210. The summed E-state index contributed by atoms with van der Waals surface area (Å²) in [6, 6.07) is 17.1. The summed E-state index contributed by atoms with van der Waals surface area (Å²) in [6.45, 7) is 6.72. The normalized spacial score (nSPS) is 38.6. The summed E-state index contributed by atoms with van der Waals surface area (Å²) >= 11 is 0. The molecule has 2 aromatic carbocycles. The Morgan fingerprint density at radius 1 is 0.892 bits per heavy atom. The molecule has 1 saturated carbocycles. The fraction of sp³-hybridized carbons (Fsp3) is 0.483. The molecule has 7 atom stereocenters. The molecule has 0 aromatic heterocycles. The van der Waals surface area contributed by atoms with E-state index in [1.165, 1.54) is 6.92 Å². The number of hydrogen-bond donors (Lipinski definition) is 1. The lowest BCUT2D eigenvalue weighted by molar-refractivity contribution is -0.294. The number of fused-ring (bicyclic) bond motifs is 1. The lowest BCUT2D eigenvalue weighted by atomic mass is 9.53. The molecule has 8 heteroatoms. The van der Waals surface area contributed by atoms with E-state index in [0.717, 1.165) is 0 Å². The van der Waals surface area contributed by atoms with Crippen LogP contribution < -0.4 is 0 Å². The van der Waals surface area contributed by atoms with Gasteiger partial charge in [0.05, 0.1) is 16.5 Å². The molecule has 1 N–H and O–H groups in total. The van der Waals surface area contributed by atoms with Crippen molar-refractivity contribution in [2.75, 3.05) is 0 Å². The van der Waals surface area contributed by atoms with Crippen molar-refractivity contribution in [2.24, 2.45) is 11.3 Å². The summed E-state index contributed by atoms with van der Waals surface area (Å²) in [7, 11) is 0. The second kappa shape index (κ2) is 8.67. The second-order valence-corrected chi connectivity index (χ2v) is 10.9. The zero-order valence-electron chi connectivity index (χ0n) is 21.4. The first kappa shape index (κ1) is 25.4. The second-order valence-electron chi connectivity index (χ2n) is 10.9. The Balaban J connectivity index is 1.63. The van der Waals surface area contributed by atoms with Crippen LogP contribution in [0.5, 0.6) is 0 Å². The minimum atomic E-state index is -1.94. The topological polar surface area (TPSA) is 108 Å². The highest BCUT2D eigenvalue weighted by molar-refractivity contribution is 5.91. The number of hydrogen-bond acceptors (Lipinski definition) is 8. The maximum absolute atomic E-state index is 13.8. The average Bonchev–Trinajstić information content (AvgIpc) is 3.15. The number of ether oxygens (including phenoxy) is 4. The zero-order chi connectivity index (χ0) is 26.6. The average molecular weight is 509 g/mol. The summed E-state index contributed by atoms with van der Waals surface area (Å²) in [6.07, 6.45) is -1.27. The Hall–Kier alpha value is -3.23. The van der Waals surface area contributed by atoms with E-state index in [-0.39, 0.29) is 19.3 Å². The van der Waals surface area contributed by atoms with Gasteiger partial charge in [-0.3, -0.25) is 0 Å². The van der Waals surface area contributed by atoms with Crippen molar-refractivity contribution in [3.63, 3.8) is 0 Å². The fourth-order valence-corrected chi connectivity index (χ4v) is 6.29. The summed E-state index contributed by atoms with van der Waals surface area (Å²) in [4.78, 5) is 40.2. The summed E-state index contributed by atoms with van der Waals surface area (Å²) < 4.78 is 24.4. The van der Waals surface area contributed by atoms with Gasteiger partial charge in [0.1, 0.15) is 17.8 Å². The highest BCUT2D eigenvalue weighted by Crippen LogP contribution is 2.63. The van der Waals surface area contributed by atoms with Gasteiger partial charge in [-0.2, -0.15) is 0 Å². The summed E-state index contributed by atoms with van der Waals surface area (Å²) in [5, 5.41) is 11.7. The van der Waals surface area contributed by atoms with Crippen molar-refractivity contribution in [3.8, 4) is 0 Å². The molecular weight excluding hydrogens is 476 g/mol. The van der Waals surface area contributed by atoms with Crippen molar-refractivity contribution in [1.82, 2.24) is 0 Å². The van der Waals surface area contributed by atoms with Crippen LogP contribution in [-0.2, 0) is 23.7 Å². The third kappa shape index (κ3) is 3.68. The molecule has 0 unspecified atom stereocenters. The molecule has 2 bridgehead atoms. The minimum Gasteiger partial charge on any atom is -0.458 e. The third-order valence-corrected chi connectivity index (χ3v) is 8.67. The molecule has 2 aromatic rings. The van der Waals surface area contributed by atoms with E-state index >= 15 is 0 Å². The van der Waals surface area contributed by atoms with Gasteiger partial charge in [0.2, 0.25) is 11.4 Å². The Morgan fingerprint density at radius 2 is 1.41 bits per heavy atom. The highest BCUT2D eigenvalue weighted by atomic mass is 16.8. The smallest absolute Gasteiger partial charge is 0.345 e.